The third kappa shape index (κ3) is 3.94. The van der Waals surface area contributed by atoms with E-state index in [-0.39, 0.29) is 12.5 Å². The van der Waals surface area contributed by atoms with Crippen molar-refractivity contribution < 1.29 is 22.8 Å². The number of rotatable bonds is 2. The van der Waals surface area contributed by atoms with Crippen LogP contribution in [0.5, 0.6) is 0 Å². The standard InChI is InChI=1S/C15H18F3N3O2/c1-9-7-12(15(16,17)18)4-3-11(9)8-20-14(23)21-6-5-19-13(22)10(21)2/h3-4,7,10H,5-6,8H2,1-2H3,(H,19,22)(H,20,23)/t10-/m0/s1. The van der Waals surface area contributed by atoms with E-state index in [1.165, 1.54) is 11.0 Å². The van der Waals surface area contributed by atoms with Crippen LogP contribution in [0.15, 0.2) is 18.2 Å². The molecule has 8 heteroatoms. The van der Waals surface area contributed by atoms with E-state index >= 15 is 0 Å². The molecule has 1 heterocycles. The number of urea groups is 1. The fraction of sp³-hybridized carbons (Fsp3) is 0.467. The Balaban J connectivity index is 2.00. The van der Waals surface area contributed by atoms with Gasteiger partial charge < -0.3 is 15.5 Å². The predicted molar refractivity (Wildman–Crippen MR) is 77.6 cm³/mol. The number of carbonyl (C=O) groups is 2. The smallest absolute Gasteiger partial charge is 0.353 e. The van der Waals surface area contributed by atoms with Crippen molar-refractivity contribution in [3.63, 3.8) is 0 Å². The monoisotopic (exact) mass is 329 g/mol. The molecule has 0 aliphatic carbocycles. The number of benzene rings is 1. The van der Waals surface area contributed by atoms with Gasteiger partial charge in [0.05, 0.1) is 5.56 Å². The summed E-state index contributed by atoms with van der Waals surface area (Å²) in [5.74, 6) is -0.225. The average molecular weight is 329 g/mol. The molecule has 2 rings (SSSR count). The largest absolute Gasteiger partial charge is 0.416 e. The van der Waals surface area contributed by atoms with Gasteiger partial charge in [-0.2, -0.15) is 13.2 Å². The predicted octanol–water partition coefficient (Wildman–Crippen LogP) is 2.04. The van der Waals surface area contributed by atoms with E-state index in [9.17, 15) is 22.8 Å². The third-order valence-corrected chi connectivity index (χ3v) is 3.86. The topological polar surface area (TPSA) is 61.4 Å². The summed E-state index contributed by atoms with van der Waals surface area (Å²) in [7, 11) is 0. The normalized spacial score (nSPS) is 18.6. The lowest BCUT2D eigenvalue weighted by Gasteiger charge is -2.32. The van der Waals surface area contributed by atoms with Gasteiger partial charge in [-0.1, -0.05) is 6.07 Å². The fourth-order valence-electron chi connectivity index (χ4n) is 2.40. The summed E-state index contributed by atoms with van der Waals surface area (Å²) in [6.07, 6.45) is -4.39. The van der Waals surface area contributed by atoms with Crippen molar-refractivity contribution >= 4 is 11.9 Å². The molecule has 0 aromatic heterocycles. The second-order valence-corrected chi connectivity index (χ2v) is 5.46. The Bertz CT molecular complexity index is 616. The molecule has 23 heavy (non-hydrogen) atoms. The molecule has 0 radical (unpaired) electrons. The summed E-state index contributed by atoms with van der Waals surface area (Å²) < 4.78 is 37.9. The van der Waals surface area contributed by atoms with E-state index in [0.717, 1.165) is 12.1 Å². The summed E-state index contributed by atoms with van der Waals surface area (Å²) in [4.78, 5) is 25.1. The SMILES string of the molecule is Cc1cc(C(F)(F)F)ccc1CNC(=O)N1CCNC(=O)[C@@H]1C. The molecule has 126 valence electrons. The van der Waals surface area contributed by atoms with Gasteiger partial charge in [-0.15, -0.1) is 0 Å². The molecule has 1 aliphatic rings. The highest BCUT2D eigenvalue weighted by molar-refractivity contribution is 5.87. The number of nitrogens with one attached hydrogen (secondary N) is 2. The molecule has 2 N–H and O–H groups in total. The maximum Gasteiger partial charge on any atom is 0.416 e. The van der Waals surface area contributed by atoms with Gasteiger partial charge in [0.15, 0.2) is 0 Å². The zero-order valence-electron chi connectivity index (χ0n) is 12.8. The molecule has 1 fully saturated rings. The van der Waals surface area contributed by atoms with Crippen LogP contribution in [0.1, 0.15) is 23.6 Å². The van der Waals surface area contributed by atoms with Gasteiger partial charge in [-0.3, -0.25) is 4.79 Å². The molecule has 0 unspecified atom stereocenters. The lowest BCUT2D eigenvalue weighted by atomic mass is 10.0. The number of alkyl halides is 3. The Kier molecular flexibility index (Phi) is 4.82. The molecule has 1 aromatic carbocycles. The van der Waals surface area contributed by atoms with E-state index in [4.69, 9.17) is 0 Å². The Hall–Kier alpha value is -2.25. The molecule has 1 atom stereocenters. The molecule has 0 spiro atoms. The number of halogens is 3. The van der Waals surface area contributed by atoms with Crippen LogP contribution in [0.2, 0.25) is 0 Å². The number of nitrogens with zero attached hydrogens (tertiary/aromatic N) is 1. The van der Waals surface area contributed by atoms with E-state index < -0.39 is 23.8 Å². The van der Waals surface area contributed by atoms with Crippen LogP contribution >= 0.6 is 0 Å². The Morgan fingerprint density at radius 3 is 2.74 bits per heavy atom. The van der Waals surface area contributed by atoms with E-state index in [1.807, 2.05) is 0 Å². The first-order valence-electron chi connectivity index (χ1n) is 7.19. The van der Waals surface area contributed by atoms with Crippen molar-refractivity contribution in [3.05, 3.63) is 34.9 Å². The van der Waals surface area contributed by atoms with Gasteiger partial charge in [0.25, 0.3) is 0 Å². The summed E-state index contributed by atoms with van der Waals surface area (Å²) in [6.45, 7) is 4.07. The molecule has 0 saturated carbocycles. The molecule has 1 aliphatic heterocycles. The summed E-state index contributed by atoms with van der Waals surface area (Å²) >= 11 is 0. The lowest BCUT2D eigenvalue weighted by Crippen LogP contribution is -2.58. The minimum absolute atomic E-state index is 0.105. The van der Waals surface area contributed by atoms with Gasteiger partial charge in [0, 0.05) is 19.6 Å². The molecule has 1 aromatic rings. The zero-order valence-corrected chi connectivity index (χ0v) is 12.8. The van der Waals surface area contributed by atoms with Gasteiger partial charge in [-0.05, 0) is 37.1 Å². The minimum Gasteiger partial charge on any atom is -0.353 e. The first-order valence-corrected chi connectivity index (χ1v) is 7.19. The second-order valence-electron chi connectivity index (χ2n) is 5.46. The van der Waals surface area contributed by atoms with Crippen molar-refractivity contribution in [2.75, 3.05) is 13.1 Å². The average Bonchev–Trinajstić information content (AvgIpc) is 2.47. The maximum atomic E-state index is 12.6. The fourth-order valence-corrected chi connectivity index (χ4v) is 2.40. The van der Waals surface area contributed by atoms with Crippen LogP contribution in [0.4, 0.5) is 18.0 Å². The summed E-state index contributed by atoms with van der Waals surface area (Å²) in [5, 5.41) is 5.30. The van der Waals surface area contributed by atoms with Crippen LogP contribution in [-0.2, 0) is 17.5 Å². The second kappa shape index (κ2) is 6.47. The van der Waals surface area contributed by atoms with Gasteiger partial charge in [0.2, 0.25) is 5.91 Å². The number of hydrogen-bond acceptors (Lipinski definition) is 2. The number of amides is 3. The van der Waals surface area contributed by atoms with Crippen LogP contribution in [-0.4, -0.2) is 36.0 Å². The van der Waals surface area contributed by atoms with Gasteiger partial charge in [0.1, 0.15) is 6.04 Å². The highest BCUT2D eigenvalue weighted by Crippen LogP contribution is 2.30. The Labute approximate surface area is 131 Å². The van der Waals surface area contributed by atoms with Crippen LogP contribution in [0.3, 0.4) is 0 Å². The number of hydrogen-bond donors (Lipinski definition) is 2. The van der Waals surface area contributed by atoms with Crippen LogP contribution in [0.25, 0.3) is 0 Å². The quantitative estimate of drug-likeness (QED) is 0.872. The zero-order chi connectivity index (χ0) is 17.2. The van der Waals surface area contributed by atoms with Crippen molar-refractivity contribution in [2.45, 2.75) is 32.6 Å². The summed E-state index contributed by atoms with van der Waals surface area (Å²) in [6, 6.07) is 2.42. The molecule has 5 nitrogen and oxygen atoms in total. The first-order chi connectivity index (χ1) is 10.7. The van der Waals surface area contributed by atoms with Crippen molar-refractivity contribution in [1.29, 1.82) is 0 Å². The lowest BCUT2D eigenvalue weighted by molar-refractivity contribution is -0.137. The Morgan fingerprint density at radius 1 is 1.43 bits per heavy atom. The molecular weight excluding hydrogens is 311 g/mol. The van der Waals surface area contributed by atoms with Crippen molar-refractivity contribution in [2.24, 2.45) is 0 Å². The highest BCUT2D eigenvalue weighted by atomic mass is 19.4. The number of piperazine rings is 1. The molecule has 3 amide bonds. The first kappa shape index (κ1) is 17.1. The third-order valence-electron chi connectivity index (χ3n) is 3.86. The minimum atomic E-state index is -4.39. The van der Waals surface area contributed by atoms with Crippen molar-refractivity contribution in [1.82, 2.24) is 15.5 Å². The summed E-state index contributed by atoms with van der Waals surface area (Å²) in [5.41, 5.74) is 0.330. The van der Waals surface area contributed by atoms with E-state index in [1.54, 1.807) is 13.8 Å². The Morgan fingerprint density at radius 2 is 2.13 bits per heavy atom. The number of aryl methyl sites for hydroxylation is 1. The van der Waals surface area contributed by atoms with Gasteiger partial charge >= 0.3 is 12.2 Å². The maximum absolute atomic E-state index is 12.6. The van der Waals surface area contributed by atoms with Crippen LogP contribution in [0, 0.1) is 6.92 Å². The molecular formula is C15H18F3N3O2. The van der Waals surface area contributed by atoms with E-state index in [0.29, 0.717) is 24.2 Å². The van der Waals surface area contributed by atoms with Crippen molar-refractivity contribution in [3.8, 4) is 0 Å². The molecule has 0 bridgehead atoms. The van der Waals surface area contributed by atoms with Crippen LogP contribution < -0.4 is 10.6 Å². The molecule has 1 saturated heterocycles. The van der Waals surface area contributed by atoms with E-state index in [2.05, 4.69) is 10.6 Å². The number of carbonyl (C=O) groups excluding carboxylic acids is 2. The van der Waals surface area contributed by atoms with Gasteiger partial charge in [-0.25, -0.2) is 4.79 Å². The highest BCUT2D eigenvalue weighted by Gasteiger charge is 2.31.